The van der Waals surface area contributed by atoms with E-state index in [9.17, 15) is 14.4 Å². The number of thiazole rings is 1. The van der Waals surface area contributed by atoms with E-state index in [1.54, 1.807) is 50.4 Å². The van der Waals surface area contributed by atoms with E-state index in [-0.39, 0.29) is 13.2 Å². The number of aliphatic imine (C=N–C) groups is 1. The van der Waals surface area contributed by atoms with Gasteiger partial charge in [0.15, 0.2) is 5.82 Å². The third kappa shape index (κ3) is 5.39. The zero-order valence-electron chi connectivity index (χ0n) is 16.6. The lowest BCUT2D eigenvalue weighted by Gasteiger charge is -2.18. The molecule has 30 heavy (non-hydrogen) atoms. The quantitative estimate of drug-likeness (QED) is 0.309. The van der Waals surface area contributed by atoms with Crippen LogP contribution in [0.25, 0.3) is 0 Å². The minimum absolute atomic E-state index is 0.0240. The molecule has 158 valence electrons. The Kier molecular flexibility index (Phi) is 6.43. The molecule has 0 saturated heterocycles. The van der Waals surface area contributed by atoms with E-state index in [4.69, 9.17) is 14.3 Å². The van der Waals surface area contributed by atoms with Crippen LogP contribution in [-0.2, 0) is 9.57 Å². The van der Waals surface area contributed by atoms with Crippen LogP contribution in [0.5, 0.6) is 5.19 Å². The molecule has 3 amide bonds. The molecule has 1 aliphatic rings. The van der Waals surface area contributed by atoms with Gasteiger partial charge < -0.3 is 9.47 Å². The van der Waals surface area contributed by atoms with Crippen molar-refractivity contribution in [2.75, 3.05) is 13.2 Å². The van der Waals surface area contributed by atoms with Crippen molar-refractivity contribution < 1.29 is 28.7 Å². The maximum Gasteiger partial charge on any atom is 0.412 e. The molecule has 10 nitrogen and oxygen atoms in total. The minimum Gasteiger partial charge on any atom is -0.467 e. The van der Waals surface area contributed by atoms with Gasteiger partial charge in [0.1, 0.15) is 18.8 Å². The molecule has 2 heterocycles. The van der Waals surface area contributed by atoms with Crippen molar-refractivity contribution >= 4 is 41.4 Å². The summed E-state index contributed by atoms with van der Waals surface area (Å²) in [5.41, 5.74) is 0.0195. The van der Waals surface area contributed by atoms with Crippen LogP contribution in [0.4, 0.5) is 10.6 Å². The van der Waals surface area contributed by atoms with E-state index in [0.29, 0.717) is 22.1 Å². The number of alkyl carbamates (subject to hydrolysis) is 1. The molecular formula is C19H20N4O6S. The number of ether oxygens (including phenoxy) is 2. The van der Waals surface area contributed by atoms with Crippen molar-refractivity contribution in [1.82, 2.24) is 15.4 Å². The first-order chi connectivity index (χ1) is 14.2. The highest BCUT2D eigenvalue weighted by Crippen LogP contribution is 2.24. The molecule has 1 N–H and O–H groups in total. The van der Waals surface area contributed by atoms with Crippen molar-refractivity contribution in [2.45, 2.75) is 26.4 Å². The standard InChI is InChI=1S/C19H20N4O6S/c1-19(2,3)29-17(26)21-11-20-14-10-30-18(22-14)27-8-9-28-23-15(24)12-6-4-5-7-13(12)16(23)25/h4-7,10-11H,8-9H2,1-3H3,(H,20,21,26). The maximum absolute atomic E-state index is 12.2. The summed E-state index contributed by atoms with van der Waals surface area (Å²) >= 11 is 1.20. The van der Waals surface area contributed by atoms with Crippen LogP contribution in [0.1, 0.15) is 41.5 Å². The van der Waals surface area contributed by atoms with Gasteiger partial charge >= 0.3 is 6.09 Å². The average Bonchev–Trinajstić information content (AvgIpc) is 3.22. The number of rotatable bonds is 7. The van der Waals surface area contributed by atoms with Crippen LogP contribution in [0.15, 0.2) is 34.6 Å². The van der Waals surface area contributed by atoms with Gasteiger partial charge in [0.2, 0.25) is 0 Å². The van der Waals surface area contributed by atoms with Gasteiger partial charge in [0, 0.05) is 5.38 Å². The van der Waals surface area contributed by atoms with Crippen molar-refractivity contribution in [3.8, 4) is 5.19 Å². The van der Waals surface area contributed by atoms with Crippen LogP contribution >= 0.6 is 11.3 Å². The molecule has 1 aliphatic heterocycles. The Labute approximate surface area is 176 Å². The molecule has 3 rings (SSSR count). The summed E-state index contributed by atoms with van der Waals surface area (Å²) in [5.74, 6) is -0.662. The number of hydroxylamine groups is 2. The van der Waals surface area contributed by atoms with Gasteiger partial charge in [0.05, 0.1) is 17.5 Å². The van der Waals surface area contributed by atoms with E-state index in [1.807, 2.05) is 0 Å². The number of hydrogen-bond donors (Lipinski definition) is 1. The van der Waals surface area contributed by atoms with Gasteiger partial charge in [-0.15, -0.1) is 5.06 Å². The molecule has 2 aromatic rings. The largest absolute Gasteiger partial charge is 0.467 e. The first-order valence-electron chi connectivity index (χ1n) is 8.96. The molecule has 0 bridgehead atoms. The number of nitrogens with zero attached hydrogens (tertiary/aromatic N) is 3. The Morgan fingerprint density at radius 2 is 1.87 bits per heavy atom. The second kappa shape index (κ2) is 9.01. The average molecular weight is 432 g/mol. The number of carbonyl (C=O) groups excluding carboxylic acids is 3. The fraction of sp³-hybridized carbons (Fsp3) is 0.316. The predicted octanol–water partition coefficient (Wildman–Crippen LogP) is 2.93. The van der Waals surface area contributed by atoms with Gasteiger partial charge in [0.25, 0.3) is 17.0 Å². The maximum atomic E-state index is 12.2. The molecule has 11 heteroatoms. The number of hydrogen-bond acceptors (Lipinski definition) is 9. The van der Waals surface area contributed by atoms with Gasteiger partial charge in [-0.2, -0.15) is 4.98 Å². The Bertz CT molecular complexity index is 946. The first-order valence-corrected chi connectivity index (χ1v) is 9.84. The van der Waals surface area contributed by atoms with Gasteiger partial charge in [-0.25, -0.2) is 9.79 Å². The number of carbonyl (C=O) groups is 3. The SMILES string of the molecule is CC(C)(C)OC(=O)N/C=N/c1csc(OCCON2C(=O)c3ccccc3C2=O)n1. The van der Waals surface area contributed by atoms with E-state index in [0.717, 1.165) is 5.06 Å². The highest BCUT2D eigenvalue weighted by atomic mass is 32.1. The molecule has 0 radical (unpaired) electrons. The summed E-state index contributed by atoms with van der Waals surface area (Å²) in [6, 6.07) is 6.51. The predicted molar refractivity (Wildman–Crippen MR) is 108 cm³/mol. The number of amides is 3. The summed E-state index contributed by atoms with van der Waals surface area (Å²) < 4.78 is 10.5. The smallest absolute Gasteiger partial charge is 0.412 e. The van der Waals surface area contributed by atoms with E-state index in [1.165, 1.54) is 17.7 Å². The summed E-state index contributed by atoms with van der Waals surface area (Å²) in [5, 5.41) is 5.07. The molecule has 0 atom stereocenters. The van der Waals surface area contributed by atoms with Crippen LogP contribution in [0, 0.1) is 0 Å². The van der Waals surface area contributed by atoms with Crippen LogP contribution in [0.2, 0.25) is 0 Å². The van der Waals surface area contributed by atoms with E-state index in [2.05, 4.69) is 15.3 Å². The molecule has 0 unspecified atom stereocenters. The van der Waals surface area contributed by atoms with Gasteiger partial charge in [-0.05, 0) is 32.9 Å². The van der Waals surface area contributed by atoms with Crippen molar-refractivity contribution in [2.24, 2.45) is 4.99 Å². The molecule has 0 saturated carbocycles. The summed E-state index contributed by atoms with van der Waals surface area (Å²) in [7, 11) is 0. The van der Waals surface area contributed by atoms with Crippen LogP contribution in [0.3, 0.4) is 0 Å². The van der Waals surface area contributed by atoms with Crippen molar-refractivity contribution in [3.63, 3.8) is 0 Å². The lowest BCUT2D eigenvalue weighted by atomic mass is 10.1. The molecule has 1 aromatic carbocycles. The summed E-state index contributed by atoms with van der Waals surface area (Å²) in [6.07, 6.45) is 0.557. The van der Waals surface area contributed by atoms with Crippen LogP contribution < -0.4 is 10.1 Å². The zero-order chi connectivity index (χ0) is 21.7. The summed E-state index contributed by atoms with van der Waals surface area (Å²) in [6.45, 7) is 5.31. The monoisotopic (exact) mass is 432 g/mol. The first kappa shape index (κ1) is 21.4. The number of aromatic nitrogens is 1. The summed E-state index contributed by atoms with van der Waals surface area (Å²) in [4.78, 5) is 49.2. The number of imide groups is 1. The fourth-order valence-corrected chi connectivity index (χ4v) is 2.99. The second-order valence-electron chi connectivity index (χ2n) is 7.01. The Morgan fingerprint density at radius 1 is 1.20 bits per heavy atom. The normalized spacial score (nSPS) is 13.6. The third-order valence-corrected chi connectivity index (χ3v) is 4.27. The van der Waals surface area contributed by atoms with Gasteiger partial charge in [-0.3, -0.25) is 19.7 Å². The zero-order valence-corrected chi connectivity index (χ0v) is 17.4. The molecule has 0 spiro atoms. The number of benzene rings is 1. The minimum atomic E-state index is -0.622. The lowest BCUT2D eigenvalue weighted by molar-refractivity contribution is -0.0976. The Balaban J connectivity index is 1.41. The highest BCUT2D eigenvalue weighted by Gasteiger charge is 2.36. The fourth-order valence-electron chi connectivity index (χ4n) is 2.38. The third-order valence-electron chi connectivity index (χ3n) is 3.54. The second-order valence-corrected chi connectivity index (χ2v) is 7.83. The van der Waals surface area contributed by atoms with Crippen molar-refractivity contribution in [1.29, 1.82) is 0 Å². The van der Waals surface area contributed by atoms with E-state index >= 15 is 0 Å². The molecule has 0 fully saturated rings. The molecule has 1 aromatic heterocycles. The van der Waals surface area contributed by atoms with Crippen LogP contribution in [-0.4, -0.2) is 53.1 Å². The number of fused-ring (bicyclic) bond motifs is 1. The van der Waals surface area contributed by atoms with E-state index < -0.39 is 23.5 Å². The number of nitrogens with one attached hydrogen (secondary N) is 1. The Morgan fingerprint density at radius 3 is 2.50 bits per heavy atom. The molecular weight excluding hydrogens is 412 g/mol. The Hall–Kier alpha value is -3.31. The lowest BCUT2D eigenvalue weighted by Crippen LogP contribution is -2.31. The highest BCUT2D eigenvalue weighted by molar-refractivity contribution is 7.11. The van der Waals surface area contributed by atoms with Crippen molar-refractivity contribution in [3.05, 3.63) is 40.8 Å². The topological polar surface area (TPSA) is 119 Å². The molecule has 0 aliphatic carbocycles. The van der Waals surface area contributed by atoms with Gasteiger partial charge in [-0.1, -0.05) is 23.5 Å².